The van der Waals surface area contributed by atoms with Gasteiger partial charge in [0, 0.05) is 31.7 Å². The number of rotatable bonds is 7. The number of benzene rings is 1. The van der Waals surface area contributed by atoms with Gasteiger partial charge in [0.05, 0.1) is 4.90 Å². The zero-order chi connectivity index (χ0) is 18.3. The molecule has 0 atom stereocenters. The molecule has 0 aromatic heterocycles. The molecule has 1 saturated carbocycles. The quantitative estimate of drug-likeness (QED) is 0.510. The van der Waals surface area contributed by atoms with Crippen LogP contribution in [0.4, 0.5) is 5.69 Å². The van der Waals surface area contributed by atoms with Gasteiger partial charge in [-0.1, -0.05) is 31.7 Å². The van der Waals surface area contributed by atoms with Crippen molar-refractivity contribution in [3.8, 4) is 0 Å². The van der Waals surface area contributed by atoms with E-state index in [0.29, 0.717) is 24.8 Å². The fourth-order valence-corrected chi connectivity index (χ4v) is 4.18. The molecule has 1 aromatic carbocycles. The lowest BCUT2D eigenvalue weighted by Gasteiger charge is -2.16. The van der Waals surface area contributed by atoms with Crippen LogP contribution in [0.3, 0.4) is 0 Å². The summed E-state index contributed by atoms with van der Waals surface area (Å²) in [7, 11) is -3.59. The SMILES string of the molecule is CC(=O)Nc1cc(S(=O)(=O)NCCNC2CCCCCC2)ccc1C. The van der Waals surface area contributed by atoms with Gasteiger partial charge in [0.25, 0.3) is 0 Å². The summed E-state index contributed by atoms with van der Waals surface area (Å²) in [6.07, 6.45) is 7.44. The van der Waals surface area contributed by atoms with E-state index in [9.17, 15) is 13.2 Å². The lowest BCUT2D eigenvalue weighted by molar-refractivity contribution is -0.114. The molecule has 1 aliphatic rings. The van der Waals surface area contributed by atoms with Crippen molar-refractivity contribution in [1.29, 1.82) is 0 Å². The fourth-order valence-electron chi connectivity index (χ4n) is 3.12. The molecule has 6 nitrogen and oxygen atoms in total. The summed E-state index contributed by atoms with van der Waals surface area (Å²) in [6, 6.07) is 5.25. The summed E-state index contributed by atoms with van der Waals surface area (Å²) in [4.78, 5) is 11.4. The van der Waals surface area contributed by atoms with Crippen LogP contribution in [-0.2, 0) is 14.8 Å². The number of nitrogens with one attached hydrogen (secondary N) is 3. The number of aryl methyl sites for hydroxylation is 1. The molecule has 0 heterocycles. The minimum Gasteiger partial charge on any atom is -0.326 e. The Kier molecular flexibility index (Phi) is 7.40. The molecule has 0 aliphatic heterocycles. The van der Waals surface area contributed by atoms with Crippen molar-refractivity contribution in [3.63, 3.8) is 0 Å². The Hall–Kier alpha value is -1.44. The highest BCUT2D eigenvalue weighted by atomic mass is 32.2. The van der Waals surface area contributed by atoms with Crippen molar-refractivity contribution in [2.24, 2.45) is 0 Å². The third-order valence-corrected chi connectivity index (χ3v) is 5.99. The molecule has 140 valence electrons. The van der Waals surface area contributed by atoms with E-state index in [0.717, 1.165) is 5.56 Å². The van der Waals surface area contributed by atoms with E-state index in [-0.39, 0.29) is 10.8 Å². The molecule has 3 N–H and O–H groups in total. The van der Waals surface area contributed by atoms with E-state index in [1.165, 1.54) is 51.5 Å². The van der Waals surface area contributed by atoms with Gasteiger partial charge in [-0.05, 0) is 37.5 Å². The number of hydrogen-bond donors (Lipinski definition) is 3. The molecule has 1 aromatic rings. The van der Waals surface area contributed by atoms with Gasteiger partial charge in [-0.2, -0.15) is 0 Å². The largest absolute Gasteiger partial charge is 0.326 e. The second-order valence-corrected chi connectivity index (χ2v) is 8.47. The average Bonchev–Trinajstić information content (AvgIpc) is 2.82. The van der Waals surface area contributed by atoms with Gasteiger partial charge in [-0.25, -0.2) is 13.1 Å². The van der Waals surface area contributed by atoms with E-state index in [1.54, 1.807) is 12.1 Å². The molecule has 0 bridgehead atoms. The third kappa shape index (κ3) is 6.41. The topological polar surface area (TPSA) is 87.3 Å². The normalized spacial score (nSPS) is 16.4. The highest BCUT2D eigenvalue weighted by Gasteiger charge is 2.16. The van der Waals surface area contributed by atoms with Gasteiger partial charge < -0.3 is 10.6 Å². The lowest BCUT2D eigenvalue weighted by atomic mass is 10.1. The molecule has 1 fully saturated rings. The summed E-state index contributed by atoms with van der Waals surface area (Å²) < 4.78 is 27.5. The van der Waals surface area contributed by atoms with E-state index in [1.807, 2.05) is 6.92 Å². The molecule has 25 heavy (non-hydrogen) atoms. The summed E-state index contributed by atoms with van der Waals surface area (Å²) in [5, 5.41) is 6.11. The predicted octanol–water partition coefficient (Wildman–Crippen LogP) is 2.54. The van der Waals surface area contributed by atoms with Gasteiger partial charge in [0.1, 0.15) is 0 Å². The Labute approximate surface area is 150 Å². The van der Waals surface area contributed by atoms with Crippen LogP contribution in [0.25, 0.3) is 0 Å². The standard InChI is InChI=1S/C18H29N3O3S/c1-14-9-10-17(13-18(14)21-15(2)22)25(23,24)20-12-11-19-16-7-5-3-4-6-8-16/h9-10,13,16,19-20H,3-8,11-12H2,1-2H3,(H,21,22). The van der Waals surface area contributed by atoms with Crippen molar-refractivity contribution in [2.75, 3.05) is 18.4 Å². The van der Waals surface area contributed by atoms with Gasteiger partial charge in [-0.15, -0.1) is 0 Å². The van der Waals surface area contributed by atoms with E-state index >= 15 is 0 Å². The van der Waals surface area contributed by atoms with E-state index < -0.39 is 10.0 Å². The number of hydrogen-bond acceptors (Lipinski definition) is 4. The van der Waals surface area contributed by atoms with Crippen LogP contribution in [0.2, 0.25) is 0 Å². The highest BCUT2D eigenvalue weighted by molar-refractivity contribution is 7.89. The molecule has 0 spiro atoms. The maximum absolute atomic E-state index is 12.4. The molecule has 0 unspecified atom stereocenters. The van der Waals surface area contributed by atoms with Crippen molar-refractivity contribution in [1.82, 2.24) is 10.0 Å². The first-order valence-electron chi connectivity index (χ1n) is 9.00. The lowest BCUT2D eigenvalue weighted by Crippen LogP contribution is -2.36. The number of carbonyl (C=O) groups is 1. The van der Waals surface area contributed by atoms with Crippen molar-refractivity contribution in [3.05, 3.63) is 23.8 Å². The van der Waals surface area contributed by atoms with Crippen LogP contribution >= 0.6 is 0 Å². The van der Waals surface area contributed by atoms with E-state index in [4.69, 9.17) is 0 Å². The second kappa shape index (κ2) is 9.31. The third-order valence-electron chi connectivity index (χ3n) is 4.54. The Morgan fingerprint density at radius 3 is 2.44 bits per heavy atom. The molecule has 0 saturated heterocycles. The first kappa shape index (κ1) is 19.9. The zero-order valence-electron chi connectivity index (χ0n) is 15.1. The minimum absolute atomic E-state index is 0.163. The first-order valence-corrected chi connectivity index (χ1v) is 10.5. The van der Waals surface area contributed by atoms with Gasteiger partial charge in [-0.3, -0.25) is 4.79 Å². The monoisotopic (exact) mass is 367 g/mol. The second-order valence-electron chi connectivity index (χ2n) is 6.70. The predicted molar refractivity (Wildman–Crippen MR) is 100 cm³/mol. The number of amides is 1. The summed E-state index contributed by atoms with van der Waals surface area (Å²) in [5.74, 6) is -0.224. The van der Waals surface area contributed by atoms with Gasteiger partial charge in [0.15, 0.2) is 0 Å². The van der Waals surface area contributed by atoms with Crippen molar-refractivity contribution >= 4 is 21.6 Å². The first-order chi connectivity index (χ1) is 11.9. The highest BCUT2D eigenvalue weighted by Crippen LogP contribution is 2.20. The summed E-state index contributed by atoms with van der Waals surface area (Å²) in [6.45, 7) is 4.19. The van der Waals surface area contributed by atoms with Crippen molar-refractivity contribution < 1.29 is 13.2 Å². The molecule has 7 heteroatoms. The molecular weight excluding hydrogens is 338 g/mol. The minimum atomic E-state index is -3.59. The van der Waals surface area contributed by atoms with Gasteiger partial charge in [0.2, 0.25) is 15.9 Å². The molecular formula is C18H29N3O3S. The van der Waals surface area contributed by atoms with E-state index in [2.05, 4.69) is 15.4 Å². The molecule has 2 rings (SSSR count). The van der Waals surface area contributed by atoms with Crippen LogP contribution < -0.4 is 15.4 Å². The Morgan fingerprint density at radius 1 is 1.12 bits per heavy atom. The smallest absolute Gasteiger partial charge is 0.240 e. The number of carbonyl (C=O) groups excluding carboxylic acids is 1. The fraction of sp³-hybridized carbons (Fsp3) is 0.611. The molecule has 1 amide bonds. The summed E-state index contributed by atoms with van der Waals surface area (Å²) in [5.41, 5.74) is 1.34. The molecule has 0 radical (unpaired) electrons. The Bertz CT molecular complexity index is 681. The van der Waals surface area contributed by atoms with Gasteiger partial charge >= 0.3 is 0 Å². The van der Waals surface area contributed by atoms with Crippen LogP contribution in [0.15, 0.2) is 23.1 Å². The van der Waals surface area contributed by atoms with Crippen LogP contribution in [-0.4, -0.2) is 33.5 Å². The van der Waals surface area contributed by atoms with Crippen LogP contribution in [0.5, 0.6) is 0 Å². The summed E-state index contributed by atoms with van der Waals surface area (Å²) >= 11 is 0. The maximum atomic E-state index is 12.4. The Morgan fingerprint density at radius 2 is 1.80 bits per heavy atom. The zero-order valence-corrected chi connectivity index (χ0v) is 15.9. The van der Waals surface area contributed by atoms with Crippen LogP contribution in [0.1, 0.15) is 51.0 Å². The Balaban J connectivity index is 1.89. The average molecular weight is 368 g/mol. The van der Waals surface area contributed by atoms with Crippen LogP contribution in [0, 0.1) is 6.92 Å². The maximum Gasteiger partial charge on any atom is 0.240 e. The number of sulfonamides is 1. The molecule has 1 aliphatic carbocycles. The van der Waals surface area contributed by atoms with Crippen molar-refractivity contribution in [2.45, 2.75) is 63.3 Å². The number of anilines is 1.